The summed E-state index contributed by atoms with van der Waals surface area (Å²) in [4.78, 5) is 27.7. The number of urea groups is 1. The van der Waals surface area contributed by atoms with Crippen LogP contribution in [-0.2, 0) is 16.1 Å². The minimum atomic E-state index is -0.827. The van der Waals surface area contributed by atoms with Crippen molar-refractivity contribution in [1.29, 1.82) is 0 Å². The molecule has 148 valence electrons. The lowest BCUT2D eigenvalue weighted by Gasteiger charge is -2.36. The summed E-state index contributed by atoms with van der Waals surface area (Å²) in [6.07, 6.45) is 0.572. The van der Waals surface area contributed by atoms with Gasteiger partial charge in [0.15, 0.2) is 0 Å². The van der Waals surface area contributed by atoms with Crippen LogP contribution in [0.4, 0.5) is 4.79 Å². The SMILES string of the molecule is CC1CC(C(=O)O)CN(C(=O)NCC2CN(Cc3ccccc3)CCO2)C1. The molecule has 0 radical (unpaired) electrons. The number of likely N-dealkylation sites (tertiary alicyclic amines) is 1. The van der Waals surface area contributed by atoms with Crippen LogP contribution in [0.25, 0.3) is 0 Å². The number of aliphatic carboxylic acids is 1. The van der Waals surface area contributed by atoms with E-state index in [1.54, 1.807) is 4.90 Å². The van der Waals surface area contributed by atoms with Crippen molar-refractivity contribution < 1.29 is 19.4 Å². The number of hydrogen-bond acceptors (Lipinski definition) is 4. The second kappa shape index (κ2) is 9.19. The lowest BCUT2D eigenvalue weighted by molar-refractivity contribution is -0.143. The zero-order valence-electron chi connectivity index (χ0n) is 15.8. The predicted octanol–water partition coefficient (Wildman–Crippen LogP) is 1.64. The Kier molecular flexibility index (Phi) is 6.68. The fourth-order valence-corrected chi connectivity index (χ4v) is 3.90. The molecule has 0 aromatic heterocycles. The first-order chi connectivity index (χ1) is 13.0. The molecule has 3 atom stereocenters. The molecule has 2 heterocycles. The molecule has 0 aliphatic carbocycles. The molecule has 1 aromatic rings. The third-order valence-corrected chi connectivity index (χ3v) is 5.25. The average Bonchev–Trinajstić information content (AvgIpc) is 2.66. The highest BCUT2D eigenvalue weighted by molar-refractivity contribution is 5.76. The minimum absolute atomic E-state index is 0.0519. The zero-order valence-corrected chi connectivity index (χ0v) is 15.8. The van der Waals surface area contributed by atoms with Gasteiger partial charge in [0, 0.05) is 39.3 Å². The van der Waals surface area contributed by atoms with E-state index in [1.807, 2.05) is 25.1 Å². The van der Waals surface area contributed by atoms with Gasteiger partial charge in [0.05, 0.1) is 18.6 Å². The van der Waals surface area contributed by atoms with Gasteiger partial charge in [0.2, 0.25) is 0 Å². The largest absolute Gasteiger partial charge is 0.481 e. The average molecular weight is 375 g/mol. The van der Waals surface area contributed by atoms with Crippen molar-refractivity contribution in [2.24, 2.45) is 11.8 Å². The molecule has 2 fully saturated rings. The molecule has 2 aliphatic rings. The number of piperidine rings is 1. The normalized spacial score (nSPS) is 26.6. The summed E-state index contributed by atoms with van der Waals surface area (Å²) in [5.41, 5.74) is 1.27. The van der Waals surface area contributed by atoms with Crippen LogP contribution in [0.2, 0.25) is 0 Å². The number of nitrogens with zero attached hydrogens (tertiary/aromatic N) is 2. The molecule has 3 rings (SSSR count). The fourth-order valence-electron chi connectivity index (χ4n) is 3.90. The van der Waals surface area contributed by atoms with Crippen molar-refractivity contribution in [3.63, 3.8) is 0 Å². The Labute approximate surface area is 160 Å². The van der Waals surface area contributed by atoms with E-state index in [0.29, 0.717) is 26.1 Å². The molecule has 2 amide bonds. The molecule has 0 bridgehead atoms. The number of nitrogens with one attached hydrogen (secondary N) is 1. The van der Waals surface area contributed by atoms with Gasteiger partial charge in [-0.3, -0.25) is 9.69 Å². The highest BCUT2D eigenvalue weighted by Gasteiger charge is 2.32. The number of morpholine rings is 1. The third-order valence-electron chi connectivity index (χ3n) is 5.25. The molecule has 7 nitrogen and oxygen atoms in total. The van der Waals surface area contributed by atoms with Crippen LogP contribution in [0.1, 0.15) is 18.9 Å². The number of hydrogen-bond donors (Lipinski definition) is 2. The van der Waals surface area contributed by atoms with Crippen molar-refractivity contribution in [3.05, 3.63) is 35.9 Å². The van der Waals surface area contributed by atoms with Crippen LogP contribution in [0.15, 0.2) is 30.3 Å². The van der Waals surface area contributed by atoms with Crippen molar-refractivity contribution in [2.45, 2.75) is 26.0 Å². The predicted molar refractivity (Wildman–Crippen MR) is 101 cm³/mol. The molecule has 1 aromatic carbocycles. The summed E-state index contributed by atoms with van der Waals surface area (Å²) >= 11 is 0. The Morgan fingerprint density at radius 3 is 2.74 bits per heavy atom. The van der Waals surface area contributed by atoms with Crippen LogP contribution in [0.5, 0.6) is 0 Å². The first-order valence-electron chi connectivity index (χ1n) is 9.64. The van der Waals surface area contributed by atoms with Gasteiger partial charge in [0.25, 0.3) is 0 Å². The van der Waals surface area contributed by atoms with Crippen molar-refractivity contribution in [2.75, 3.05) is 39.3 Å². The molecule has 7 heteroatoms. The Morgan fingerprint density at radius 1 is 1.22 bits per heavy atom. The maximum absolute atomic E-state index is 12.5. The second-order valence-electron chi connectivity index (χ2n) is 7.68. The zero-order chi connectivity index (χ0) is 19.2. The quantitative estimate of drug-likeness (QED) is 0.818. The number of carboxylic acid groups (broad SMARTS) is 1. The summed E-state index contributed by atoms with van der Waals surface area (Å²) in [5, 5.41) is 12.2. The van der Waals surface area contributed by atoms with E-state index in [2.05, 4.69) is 22.3 Å². The first kappa shape index (κ1) is 19.6. The Balaban J connectivity index is 1.46. The summed E-state index contributed by atoms with van der Waals surface area (Å²) < 4.78 is 5.80. The van der Waals surface area contributed by atoms with E-state index in [0.717, 1.165) is 19.6 Å². The van der Waals surface area contributed by atoms with Gasteiger partial charge in [-0.15, -0.1) is 0 Å². The molecule has 2 saturated heterocycles. The molecular formula is C20H29N3O4. The monoisotopic (exact) mass is 375 g/mol. The van der Waals surface area contributed by atoms with E-state index in [9.17, 15) is 14.7 Å². The van der Waals surface area contributed by atoms with Crippen LogP contribution >= 0.6 is 0 Å². The molecule has 27 heavy (non-hydrogen) atoms. The molecule has 2 N–H and O–H groups in total. The summed E-state index contributed by atoms with van der Waals surface area (Å²) in [7, 11) is 0. The number of rotatable bonds is 5. The number of amides is 2. The van der Waals surface area contributed by atoms with Crippen LogP contribution < -0.4 is 5.32 Å². The van der Waals surface area contributed by atoms with Gasteiger partial charge in [-0.25, -0.2) is 4.79 Å². The maximum atomic E-state index is 12.5. The molecule has 2 aliphatic heterocycles. The van der Waals surface area contributed by atoms with Crippen LogP contribution in [-0.4, -0.2) is 72.3 Å². The number of ether oxygens (including phenoxy) is 1. The van der Waals surface area contributed by atoms with Gasteiger partial charge in [-0.1, -0.05) is 37.3 Å². The maximum Gasteiger partial charge on any atom is 0.317 e. The van der Waals surface area contributed by atoms with Crippen LogP contribution in [0.3, 0.4) is 0 Å². The van der Waals surface area contributed by atoms with Gasteiger partial charge in [-0.05, 0) is 17.9 Å². The fraction of sp³-hybridized carbons (Fsp3) is 0.600. The Morgan fingerprint density at radius 2 is 2.00 bits per heavy atom. The van der Waals surface area contributed by atoms with Gasteiger partial charge in [0.1, 0.15) is 0 Å². The van der Waals surface area contributed by atoms with E-state index in [-0.39, 0.29) is 24.6 Å². The highest BCUT2D eigenvalue weighted by atomic mass is 16.5. The summed E-state index contributed by atoms with van der Waals surface area (Å²) in [6.45, 7) is 6.46. The van der Waals surface area contributed by atoms with Crippen molar-refractivity contribution in [3.8, 4) is 0 Å². The van der Waals surface area contributed by atoms with Crippen molar-refractivity contribution in [1.82, 2.24) is 15.1 Å². The third kappa shape index (κ3) is 5.68. The smallest absolute Gasteiger partial charge is 0.317 e. The molecule has 3 unspecified atom stereocenters. The lowest BCUT2D eigenvalue weighted by atomic mass is 9.91. The highest BCUT2D eigenvalue weighted by Crippen LogP contribution is 2.21. The molecule has 0 spiro atoms. The number of benzene rings is 1. The van der Waals surface area contributed by atoms with Gasteiger partial charge in [-0.2, -0.15) is 0 Å². The van der Waals surface area contributed by atoms with Gasteiger partial charge < -0.3 is 20.1 Å². The number of carbonyl (C=O) groups excluding carboxylic acids is 1. The standard InChI is InChI=1S/C20H29N3O4/c1-15-9-17(19(24)25)13-23(11-15)20(26)21-10-18-14-22(7-8-27-18)12-16-5-3-2-4-6-16/h2-6,15,17-18H,7-14H2,1H3,(H,21,26)(H,24,25). The lowest BCUT2D eigenvalue weighted by Crippen LogP contribution is -2.52. The number of carbonyl (C=O) groups is 2. The topological polar surface area (TPSA) is 82.1 Å². The summed E-state index contributed by atoms with van der Waals surface area (Å²) in [5.74, 6) is -1.11. The first-order valence-corrected chi connectivity index (χ1v) is 9.64. The minimum Gasteiger partial charge on any atom is -0.481 e. The van der Waals surface area contributed by atoms with E-state index < -0.39 is 11.9 Å². The Bertz CT molecular complexity index is 639. The molecular weight excluding hydrogens is 346 g/mol. The second-order valence-corrected chi connectivity index (χ2v) is 7.68. The van der Waals surface area contributed by atoms with E-state index in [4.69, 9.17) is 4.74 Å². The summed E-state index contributed by atoms with van der Waals surface area (Å²) in [6, 6.07) is 10.1. The Hall–Kier alpha value is -2.12. The van der Waals surface area contributed by atoms with Crippen LogP contribution in [0, 0.1) is 11.8 Å². The number of carboxylic acids is 1. The van der Waals surface area contributed by atoms with E-state index in [1.165, 1.54) is 5.56 Å². The van der Waals surface area contributed by atoms with E-state index >= 15 is 0 Å². The van der Waals surface area contributed by atoms with Crippen molar-refractivity contribution >= 4 is 12.0 Å². The van der Waals surface area contributed by atoms with Gasteiger partial charge >= 0.3 is 12.0 Å². The molecule has 0 saturated carbocycles.